The molecule has 0 aromatic carbocycles. The quantitative estimate of drug-likeness (QED) is 0.283. The molecule has 0 spiro atoms. The van der Waals surface area contributed by atoms with Gasteiger partial charge in [-0.05, 0) is 6.92 Å². The molecule has 0 aromatic heterocycles. The van der Waals surface area contributed by atoms with Crippen molar-refractivity contribution in [3.05, 3.63) is 0 Å². The van der Waals surface area contributed by atoms with Crippen LogP contribution in [0.25, 0.3) is 0 Å². The summed E-state index contributed by atoms with van der Waals surface area (Å²) in [5.41, 5.74) is 10.5. The van der Waals surface area contributed by atoms with E-state index in [0.717, 1.165) is 41.2 Å². The highest BCUT2D eigenvalue weighted by Crippen LogP contribution is 1.71. The van der Waals surface area contributed by atoms with Crippen LogP contribution >= 0.6 is 0 Å². The molecule has 0 rings (SSSR count). The average Bonchev–Trinajstić information content (AvgIpc) is 2.41. The van der Waals surface area contributed by atoms with Gasteiger partial charge in [0.05, 0.1) is 0 Å². The lowest BCUT2D eigenvalue weighted by atomic mass is 10.3. The number of hydrogen-bond donors (Lipinski definition) is 8. The molecule has 0 radical (unpaired) electrons. The highest BCUT2D eigenvalue weighted by Gasteiger charge is 1.92. The number of nitrogens with two attached hydrogens (primary N) is 2. The Hall–Kier alpha value is -2.77. The molecule has 0 aliphatic rings. The van der Waals surface area contributed by atoms with Crippen LogP contribution in [-0.2, 0) is 24.0 Å². The largest absolute Gasteiger partial charge is 0.481 e. The minimum Gasteiger partial charge on any atom is -0.481 e. The second-order valence-electron chi connectivity index (χ2n) is 4.47. The number of aliphatic carboxylic acids is 5. The first-order valence-electron chi connectivity index (χ1n) is 7.58. The van der Waals surface area contributed by atoms with Crippen LogP contribution < -0.4 is 16.8 Å². The van der Waals surface area contributed by atoms with Gasteiger partial charge >= 0.3 is 0 Å². The molecule has 0 amide bonds. The first-order valence-corrected chi connectivity index (χ1v) is 7.58. The third-order valence-electron chi connectivity index (χ3n) is 0.991. The number of carbonyl (C=O) groups is 5. The number of carboxylic acid groups (broad SMARTS) is 5. The van der Waals surface area contributed by atoms with Crippen LogP contribution in [0.2, 0.25) is 0 Å². The maximum absolute atomic E-state index is 9.00. The zero-order valence-electron chi connectivity index (χ0n) is 17.1. The Kier molecular flexibility index (Phi) is 50.6. The Morgan fingerprint density at radius 2 is 0.857 bits per heavy atom. The lowest BCUT2D eigenvalue weighted by Gasteiger charge is -2.08. The van der Waals surface area contributed by atoms with Crippen molar-refractivity contribution in [1.29, 1.82) is 0 Å². The van der Waals surface area contributed by atoms with E-state index in [4.69, 9.17) is 61.0 Å². The van der Waals surface area contributed by atoms with E-state index in [1.165, 1.54) is 0 Å². The van der Waals surface area contributed by atoms with Gasteiger partial charge in [0, 0.05) is 60.3 Å². The van der Waals surface area contributed by atoms with Crippen molar-refractivity contribution in [2.75, 3.05) is 19.6 Å². The van der Waals surface area contributed by atoms with E-state index >= 15 is 0 Å². The Morgan fingerprint density at radius 3 is 0.964 bits per heavy atom. The molecule has 10 N–H and O–H groups in total. The van der Waals surface area contributed by atoms with Crippen molar-refractivity contribution >= 4 is 29.8 Å². The molecule has 0 saturated heterocycles. The highest BCUT2D eigenvalue weighted by molar-refractivity contribution is 5.63. The van der Waals surface area contributed by atoms with Gasteiger partial charge in [-0.25, -0.2) is 0 Å². The maximum Gasteiger partial charge on any atom is 0.300 e. The maximum atomic E-state index is 9.00. The third kappa shape index (κ3) is 1100. The van der Waals surface area contributed by atoms with Gasteiger partial charge in [0.2, 0.25) is 0 Å². The summed E-state index contributed by atoms with van der Waals surface area (Å²) in [5.74, 6) is -4.17. The van der Waals surface area contributed by atoms with E-state index < -0.39 is 29.8 Å². The van der Waals surface area contributed by atoms with E-state index in [1.54, 1.807) is 0 Å². The van der Waals surface area contributed by atoms with E-state index in [1.807, 2.05) is 6.92 Å². The smallest absolute Gasteiger partial charge is 0.300 e. The number of hydrogen-bond acceptors (Lipinski definition) is 8. The van der Waals surface area contributed by atoms with Crippen molar-refractivity contribution < 1.29 is 49.5 Å². The van der Waals surface area contributed by atoms with Gasteiger partial charge in [-0.2, -0.15) is 0 Å². The van der Waals surface area contributed by atoms with Crippen LogP contribution in [0.1, 0.15) is 41.5 Å². The van der Waals surface area contributed by atoms with Gasteiger partial charge < -0.3 is 42.3 Å². The molecule has 13 nitrogen and oxygen atoms in total. The zero-order chi connectivity index (χ0) is 24.3. The van der Waals surface area contributed by atoms with Gasteiger partial charge in [0.25, 0.3) is 29.8 Å². The first-order chi connectivity index (χ1) is 12.5. The fourth-order valence-electron chi connectivity index (χ4n) is 0.413. The molecular formula is C15H35N3O10. The van der Waals surface area contributed by atoms with Crippen molar-refractivity contribution in [3.63, 3.8) is 0 Å². The number of rotatable bonds is 4. The molecular weight excluding hydrogens is 382 g/mol. The second kappa shape index (κ2) is 35.4. The second-order valence-corrected chi connectivity index (χ2v) is 4.47. The van der Waals surface area contributed by atoms with Crippen LogP contribution in [-0.4, -0.2) is 81.1 Å². The van der Waals surface area contributed by atoms with Crippen molar-refractivity contribution in [2.24, 2.45) is 11.5 Å². The summed E-state index contributed by atoms with van der Waals surface area (Å²) in [6.07, 6.45) is 0. The molecule has 0 bridgehead atoms. The minimum absolute atomic E-state index is 0.401. The molecule has 0 fully saturated rings. The Labute approximate surface area is 164 Å². The molecule has 0 heterocycles. The number of carboxylic acids is 5. The Morgan fingerprint density at radius 1 is 0.679 bits per heavy atom. The van der Waals surface area contributed by atoms with Crippen LogP contribution in [0.3, 0.4) is 0 Å². The molecule has 0 aromatic rings. The molecule has 1 atom stereocenters. The van der Waals surface area contributed by atoms with Crippen molar-refractivity contribution in [1.82, 2.24) is 5.32 Å². The predicted molar refractivity (Wildman–Crippen MR) is 102 cm³/mol. The molecule has 1 unspecified atom stereocenters. The van der Waals surface area contributed by atoms with Gasteiger partial charge in [-0.15, -0.1) is 0 Å². The molecule has 170 valence electrons. The zero-order valence-corrected chi connectivity index (χ0v) is 17.1. The van der Waals surface area contributed by atoms with E-state index in [2.05, 4.69) is 5.32 Å². The SMILES string of the molecule is CC(=O)O.CC(=O)O.CC(=O)O.CC(=O)O.CC(=O)O.CC(CN)NCCN. The average molecular weight is 417 g/mol. The van der Waals surface area contributed by atoms with E-state index in [-0.39, 0.29) is 0 Å². The summed E-state index contributed by atoms with van der Waals surface area (Å²) >= 11 is 0. The predicted octanol–water partition coefficient (Wildman–Crippen LogP) is -0.664. The summed E-state index contributed by atoms with van der Waals surface area (Å²) < 4.78 is 0. The van der Waals surface area contributed by atoms with Crippen molar-refractivity contribution in [3.8, 4) is 0 Å². The fourth-order valence-corrected chi connectivity index (χ4v) is 0.413. The highest BCUT2D eigenvalue weighted by atomic mass is 16.4. The topological polar surface area (TPSA) is 251 Å². The lowest BCUT2D eigenvalue weighted by Crippen LogP contribution is -2.36. The molecule has 0 aliphatic heterocycles. The van der Waals surface area contributed by atoms with Gasteiger partial charge in [0.15, 0.2) is 0 Å². The van der Waals surface area contributed by atoms with E-state index in [9.17, 15) is 0 Å². The van der Waals surface area contributed by atoms with Crippen molar-refractivity contribution in [2.45, 2.75) is 47.6 Å². The first kappa shape index (κ1) is 40.1. The van der Waals surface area contributed by atoms with Crippen LogP contribution in [0.5, 0.6) is 0 Å². The van der Waals surface area contributed by atoms with E-state index in [0.29, 0.717) is 19.1 Å². The summed E-state index contributed by atoms with van der Waals surface area (Å²) in [6, 6.07) is 0.401. The molecule has 0 aliphatic carbocycles. The summed E-state index contributed by atoms with van der Waals surface area (Å²) in [7, 11) is 0. The van der Waals surface area contributed by atoms with Gasteiger partial charge in [0.1, 0.15) is 0 Å². The fraction of sp³-hybridized carbons (Fsp3) is 0.667. The lowest BCUT2D eigenvalue weighted by molar-refractivity contribution is -0.135. The number of nitrogens with one attached hydrogen (secondary N) is 1. The summed E-state index contributed by atoms with van der Waals surface area (Å²) in [4.78, 5) is 45.0. The summed E-state index contributed by atoms with van der Waals surface area (Å²) in [5, 5.41) is 40.2. The molecule has 28 heavy (non-hydrogen) atoms. The van der Waals surface area contributed by atoms with Crippen LogP contribution in [0.4, 0.5) is 0 Å². The van der Waals surface area contributed by atoms with Gasteiger partial charge in [-0.3, -0.25) is 24.0 Å². The third-order valence-corrected chi connectivity index (χ3v) is 0.991. The van der Waals surface area contributed by atoms with Crippen LogP contribution in [0, 0.1) is 0 Å². The van der Waals surface area contributed by atoms with Gasteiger partial charge in [-0.1, -0.05) is 0 Å². The minimum atomic E-state index is -0.833. The molecule has 0 saturated carbocycles. The standard InChI is InChI=1S/C5H15N3.5C2H4O2/c1-5(4-7)8-3-2-6;5*1-2(3)4/h5,8H,2-4,6-7H2,1H3;5*1H3,(H,3,4). The molecule has 13 heteroatoms. The Bertz CT molecular complexity index is 314. The summed E-state index contributed by atoms with van der Waals surface area (Å²) in [6.45, 7) is 9.68. The Balaban J connectivity index is -0.0000000536. The monoisotopic (exact) mass is 417 g/mol. The normalized spacial score (nSPS) is 8.43. The van der Waals surface area contributed by atoms with Crippen LogP contribution in [0.15, 0.2) is 0 Å².